The number of nitrogens with zero attached hydrogens (tertiary/aromatic N) is 3. The summed E-state index contributed by atoms with van der Waals surface area (Å²) in [6, 6.07) is 13.0. The van der Waals surface area contributed by atoms with Gasteiger partial charge in [0.2, 0.25) is 17.6 Å². The molecule has 1 saturated heterocycles. The molecule has 1 aliphatic heterocycles. The molecule has 6 nitrogen and oxygen atoms in total. The summed E-state index contributed by atoms with van der Waals surface area (Å²) in [6.07, 6.45) is 0.314. The number of carbonyl (C=O) groups is 1. The number of benzene rings is 2. The van der Waals surface area contributed by atoms with Crippen LogP contribution in [0, 0.1) is 6.92 Å². The number of amides is 1. The van der Waals surface area contributed by atoms with E-state index in [0.29, 0.717) is 35.5 Å². The van der Waals surface area contributed by atoms with Crippen LogP contribution in [-0.2, 0) is 4.79 Å². The Hall–Kier alpha value is -2.86. The average molecular weight is 384 g/mol. The quantitative estimate of drug-likeness (QED) is 0.674. The maximum atomic E-state index is 12.6. The molecule has 2 heterocycles. The summed E-state index contributed by atoms with van der Waals surface area (Å²) >= 11 is 6.03. The van der Waals surface area contributed by atoms with Gasteiger partial charge in [0.15, 0.2) is 0 Å². The number of carbonyl (C=O) groups excluding carboxylic acids is 1. The van der Waals surface area contributed by atoms with Crippen molar-refractivity contribution in [3.8, 4) is 17.1 Å². The van der Waals surface area contributed by atoms with Crippen LogP contribution in [0.25, 0.3) is 11.4 Å². The van der Waals surface area contributed by atoms with Crippen LogP contribution in [0.2, 0.25) is 5.02 Å². The predicted octanol–water partition coefficient (Wildman–Crippen LogP) is 4.23. The monoisotopic (exact) mass is 383 g/mol. The highest BCUT2D eigenvalue weighted by molar-refractivity contribution is 6.30. The lowest BCUT2D eigenvalue weighted by molar-refractivity contribution is -0.117. The molecular formula is C20H18ClN3O3. The van der Waals surface area contributed by atoms with E-state index in [1.165, 1.54) is 0 Å². The van der Waals surface area contributed by atoms with Gasteiger partial charge in [0.05, 0.1) is 18.7 Å². The highest BCUT2D eigenvalue weighted by atomic mass is 35.5. The van der Waals surface area contributed by atoms with Crippen molar-refractivity contribution in [1.82, 2.24) is 10.1 Å². The number of aromatic nitrogens is 2. The lowest BCUT2D eigenvalue weighted by atomic mass is 10.1. The molecule has 1 fully saturated rings. The number of hydrogen-bond donors (Lipinski definition) is 0. The molecule has 0 radical (unpaired) electrons. The molecule has 0 aliphatic carbocycles. The molecule has 2 aromatic carbocycles. The van der Waals surface area contributed by atoms with Crippen molar-refractivity contribution in [3.05, 3.63) is 58.9 Å². The van der Waals surface area contributed by atoms with Crippen LogP contribution in [0.3, 0.4) is 0 Å². The van der Waals surface area contributed by atoms with Crippen molar-refractivity contribution in [1.29, 1.82) is 0 Å². The molecule has 1 aliphatic rings. The van der Waals surface area contributed by atoms with Gasteiger partial charge < -0.3 is 14.2 Å². The Morgan fingerprint density at radius 3 is 2.89 bits per heavy atom. The van der Waals surface area contributed by atoms with Gasteiger partial charge in [0.25, 0.3) is 0 Å². The van der Waals surface area contributed by atoms with Crippen molar-refractivity contribution in [2.45, 2.75) is 19.3 Å². The number of methoxy groups -OCH3 is 1. The second kappa shape index (κ2) is 7.04. The molecule has 138 valence electrons. The van der Waals surface area contributed by atoms with Gasteiger partial charge in [-0.05, 0) is 36.8 Å². The summed E-state index contributed by atoms with van der Waals surface area (Å²) in [5, 5.41) is 4.65. The number of anilines is 1. The molecule has 1 unspecified atom stereocenters. The van der Waals surface area contributed by atoms with E-state index < -0.39 is 0 Å². The van der Waals surface area contributed by atoms with E-state index in [2.05, 4.69) is 10.1 Å². The average Bonchev–Trinajstić information content (AvgIpc) is 3.28. The molecule has 27 heavy (non-hydrogen) atoms. The summed E-state index contributed by atoms with van der Waals surface area (Å²) in [5.74, 6) is 1.42. The van der Waals surface area contributed by atoms with Crippen molar-refractivity contribution < 1.29 is 14.1 Å². The van der Waals surface area contributed by atoms with E-state index in [1.54, 1.807) is 24.1 Å². The zero-order chi connectivity index (χ0) is 19.0. The highest BCUT2D eigenvalue weighted by Gasteiger charge is 2.36. The Kier molecular flexibility index (Phi) is 4.58. The Bertz CT molecular complexity index is 1000. The minimum Gasteiger partial charge on any atom is -0.495 e. The molecule has 1 amide bonds. The fourth-order valence-electron chi connectivity index (χ4n) is 3.26. The van der Waals surface area contributed by atoms with Crippen LogP contribution in [0.5, 0.6) is 5.75 Å². The second-order valence-electron chi connectivity index (χ2n) is 6.55. The Morgan fingerprint density at radius 2 is 2.11 bits per heavy atom. The third-order valence-electron chi connectivity index (χ3n) is 4.62. The topological polar surface area (TPSA) is 68.5 Å². The number of aryl methyl sites for hydroxylation is 1. The molecule has 0 N–H and O–H groups in total. The molecule has 1 aromatic heterocycles. The minimum absolute atomic E-state index is 0.00593. The van der Waals surface area contributed by atoms with Gasteiger partial charge >= 0.3 is 0 Å². The molecule has 3 aromatic rings. The van der Waals surface area contributed by atoms with E-state index in [0.717, 1.165) is 16.8 Å². The van der Waals surface area contributed by atoms with Crippen LogP contribution in [-0.4, -0.2) is 29.7 Å². The van der Waals surface area contributed by atoms with E-state index in [4.69, 9.17) is 20.9 Å². The molecule has 7 heteroatoms. The van der Waals surface area contributed by atoms with Crippen molar-refractivity contribution in [2.24, 2.45) is 0 Å². The van der Waals surface area contributed by atoms with Crippen LogP contribution < -0.4 is 9.64 Å². The first-order valence-corrected chi connectivity index (χ1v) is 8.97. The van der Waals surface area contributed by atoms with Crippen molar-refractivity contribution >= 4 is 23.2 Å². The predicted molar refractivity (Wildman–Crippen MR) is 102 cm³/mol. The summed E-state index contributed by atoms with van der Waals surface area (Å²) in [4.78, 5) is 18.8. The van der Waals surface area contributed by atoms with Gasteiger partial charge in [-0.25, -0.2) is 0 Å². The Labute approximate surface area is 161 Å². The number of rotatable bonds is 4. The third-order valence-corrected chi connectivity index (χ3v) is 4.86. The second-order valence-corrected chi connectivity index (χ2v) is 6.98. The number of ether oxygens (including phenoxy) is 1. The van der Waals surface area contributed by atoms with Gasteiger partial charge in [-0.3, -0.25) is 4.79 Å². The molecule has 0 saturated carbocycles. The van der Waals surface area contributed by atoms with Crippen LogP contribution >= 0.6 is 11.6 Å². The maximum absolute atomic E-state index is 12.6. The zero-order valence-corrected chi connectivity index (χ0v) is 15.7. The summed E-state index contributed by atoms with van der Waals surface area (Å²) in [5.41, 5.74) is 2.60. The van der Waals surface area contributed by atoms with E-state index in [9.17, 15) is 4.79 Å². The smallest absolute Gasteiger partial charge is 0.232 e. The van der Waals surface area contributed by atoms with Gasteiger partial charge in [-0.2, -0.15) is 4.98 Å². The van der Waals surface area contributed by atoms with Gasteiger partial charge in [-0.15, -0.1) is 0 Å². The lowest BCUT2D eigenvalue weighted by Gasteiger charge is -2.19. The van der Waals surface area contributed by atoms with Crippen LogP contribution in [0.4, 0.5) is 5.69 Å². The largest absolute Gasteiger partial charge is 0.495 e. The van der Waals surface area contributed by atoms with Crippen LogP contribution in [0.15, 0.2) is 47.0 Å². The van der Waals surface area contributed by atoms with Crippen LogP contribution in [0.1, 0.15) is 23.8 Å². The Morgan fingerprint density at radius 1 is 1.26 bits per heavy atom. The first kappa shape index (κ1) is 17.5. The highest BCUT2D eigenvalue weighted by Crippen LogP contribution is 2.37. The third kappa shape index (κ3) is 3.40. The van der Waals surface area contributed by atoms with Gasteiger partial charge in [0, 0.05) is 23.6 Å². The van der Waals surface area contributed by atoms with Crippen molar-refractivity contribution in [2.75, 3.05) is 18.6 Å². The normalized spacial score (nSPS) is 16.8. The maximum Gasteiger partial charge on any atom is 0.232 e. The minimum atomic E-state index is -0.164. The zero-order valence-electron chi connectivity index (χ0n) is 15.0. The first-order chi connectivity index (χ1) is 13.0. The van der Waals surface area contributed by atoms with Gasteiger partial charge in [-0.1, -0.05) is 35.0 Å². The Balaban J connectivity index is 1.59. The van der Waals surface area contributed by atoms with E-state index in [1.807, 2.05) is 37.3 Å². The standard InChI is InChI=1S/C20H18ClN3O3/c1-12-6-7-17(26-2)16(8-12)24-11-14(10-18(24)25)20-22-19(23-27-20)13-4-3-5-15(21)9-13/h3-9,14H,10-11H2,1-2H3. The number of halogens is 1. The molecular weight excluding hydrogens is 366 g/mol. The van der Waals surface area contributed by atoms with E-state index in [-0.39, 0.29) is 11.8 Å². The fourth-order valence-corrected chi connectivity index (χ4v) is 3.45. The molecule has 0 spiro atoms. The van der Waals surface area contributed by atoms with E-state index >= 15 is 0 Å². The lowest BCUT2D eigenvalue weighted by Crippen LogP contribution is -2.25. The van der Waals surface area contributed by atoms with Gasteiger partial charge in [0.1, 0.15) is 5.75 Å². The summed E-state index contributed by atoms with van der Waals surface area (Å²) < 4.78 is 10.9. The summed E-state index contributed by atoms with van der Waals surface area (Å²) in [7, 11) is 1.60. The first-order valence-electron chi connectivity index (χ1n) is 8.59. The molecule has 4 rings (SSSR count). The number of hydrogen-bond acceptors (Lipinski definition) is 5. The SMILES string of the molecule is COc1ccc(C)cc1N1CC(c2nc(-c3cccc(Cl)c3)no2)CC1=O. The summed E-state index contributed by atoms with van der Waals surface area (Å²) in [6.45, 7) is 2.45. The molecule has 0 bridgehead atoms. The molecule has 1 atom stereocenters. The fraction of sp³-hybridized carbons (Fsp3) is 0.250. The van der Waals surface area contributed by atoms with Crippen molar-refractivity contribution in [3.63, 3.8) is 0 Å².